The summed E-state index contributed by atoms with van der Waals surface area (Å²) < 4.78 is 22.4. The van der Waals surface area contributed by atoms with Gasteiger partial charge < -0.3 is 0 Å². The molecule has 14 heteroatoms. The molecule has 0 amide bonds. The second kappa shape index (κ2) is 22.3. The van der Waals surface area contributed by atoms with Crippen molar-refractivity contribution in [3.63, 3.8) is 0 Å². The maximum atomic E-state index is 4.55. The SMILES string of the molecule is CCn1c(C)[n+](C)c2c(C)c(C)c(C)c(C)c21.CCn1c(C)[n+](C)c2nc(C)ccc21.CCn1c(C)[n+](C)c2ncc(C)cc21.CCn1c(C)[n+](C)c2nccc(C)c21.CCn1c(C)[n+](C)c2ncccc21. The van der Waals surface area contributed by atoms with Gasteiger partial charge in [0.05, 0.1) is 68.0 Å². The van der Waals surface area contributed by atoms with Crippen molar-refractivity contribution in [3.05, 3.63) is 123 Å². The standard InChI is InChI=1S/C15H23N2.3C11H16N3.C10H14N3/c1-8-17-13(6)16(7)14-11(4)9(2)10(3)12(5)15(14)17;1-5-14-9(3)13(4)11-10(14)6-8(2)7-12-11;1-5-14-9(3)13(4)11-10(14)8(2)6-7-12-11;1-5-14-9(3)13(4)11-10(14)7-6-8(2)12-11;1-4-13-8(2)12(3)10-9(13)6-5-7-11-10/h8H2,1-7H3;3*6-7H,5H2,1-4H3;5-7H,4H2,1-3H3/q5*+1. The van der Waals surface area contributed by atoms with Gasteiger partial charge in [0.25, 0.3) is 5.82 Å². The van der Waals surface area contributed by atoms with E-state index in [0.717, 1.165) is 61.0 Å². The van der Waals surface area contributed by atoms with Gasteiger partial charge in [-0.15, -0.1) is 19.9 Å². The quantitative estimate of drug-likeness (QED) is 0.161. The first kappa shape index (κ1) is 54.5. The molecule has 9 heterocycles. The van der Waals surface area contributed by atoms with Gasteiger partial charge in [0, 0.05) is 45.7 Å². The third kappa shape index (κ3) is 9.76. The lowest BCUT2D eigenvalue weighted by molar-refractivity contribution is -0.654. The van der Waals surface area contributed by atoms with Crippen LogP contribution in [0.1, 0.15) is 103 Å². The lowest BCUT2D eigenvalue weighted by Crippen LogP contribution is -2.31. The summed E-state index contributed by atoms with van der Waals surface area (Å²) in [6.45, 7) is 41.8. The number of imidazole rings is 5. The van der Waals surface area contributed by atoms with Crippen LogP contribution in [0.4, 0.5) is 0 Å². The summed E-state index contributed by atoms with van der Waals surface area (Å²) in [6, 6.07) is 12.6. The second-order valence-corrected chi connectivity index (χ2v) is 19.2. The number of fused-ring (bicyclic) bond motifs is 5. The van der Waals surface area contributed by atoms with E-state index in [2.05, 4.69) is 242 Å². The fourth-order valence-electron chi connectivity index (χ4n) is 10.5. The van der Waals surface area contributed by atoms with Crippen LogP contribution in [0, 0.1) is 83.1 Å². The molecule has 72 heavy (non-hydrogen) atoms. The Morgan fingerprint density at radius 1 is 0.403 bits per heavy atom. The summed E-state index contributed by atoms with van der Waals surface area (Å²) in [6.07, 6.45) is 5.63. The van der Waals surface area contributed by atoms with Crippen molar-refractivity contribution in [2.24, 2.45) is 35.2 Å². The van der Waals surface area contributed by atoms with E-state index in [1.54, 1.807) is 0 Å². The van der Waals surface area contributed by atoms with Gasteiger partial charge in [-0.25, -0.2) is 27.4 Å². The van der Waals surface area contributed by atoms with Crippen molar-refractivity contribution in [1.29, 1.82) is 0 Å². The molecular formula is C58H85N14+5. The Labute approximate surface area is 428 Å². The van der Waals surface area contributed by atoms with Gasteiger partial charge in [0.1, 0.15) is 24.3 Å². The maximum absolute atomic E-state index is 4.55. The third-order valence-corrected chi connectivity index (χ3v) is 15.5. The van der Waals surface area contributed by atoms with Crippen molar-refractivity contribution in [2.75, 3.05) is 0 Å². The topological polar surface area (TPSA) is 95.6 Å². The normalized spacial score (nSPS) is 11.2. The van der Waals surface area contributed by atoms with Gasteiger partial charge in [-0.3, -0.25) is 18.3 Å². The number of pyridine rings is 4. The van der Waals surface area contributed by atoms with Crippen molar-refractivity contribution >= 4 is 55.7 Å². The van der Waals surface area contributed by atoms with Crippen LogP contribution in [-0.2, 0) is 68.0 Å². The number of nitrogens with zero attached hydrogens (tertiary/aromatic N) is 14. The van der Waals surface area contributed by atoms with Crippen molar-refractivity contribution in [1.82, 2.24) is 42.8 Å². The molecule has 0 unspecified atom stereocenters. The molecule has 0 aliphatic carbocycles. The Hall–Kier alpha value is -6.83. The summed E-state index contributed by atoms with van der Waals surface area (Å²) in [5.74, 6) is 6.33. The highest BCUT2D eigenvalue weighted by Crippen LogP contribution is 2.28. The van der Waals surface area contributed by atoms with Gasteiger partial charge >= 0.3 is 22.6 Å². The highest BCUT2D eigenvalue weighted by atomic mass is 15.2. The Morgan fingerprint density at radius 2 is 0.847 bits per heavy atom. The van der Waals surface area contributed by atoms with Gasteiger partial charge in [-0.05, 0) is 142 Å². The molecule has 9 aromatic heterocycles. The monoisotopic (exact) mass is 978 g/mol. The van der Waals surface area contributed by atoms with E-state index >= 15 is 0 Å². The number of aromatic nitrogens is 14. The molecule has 0 N–H and O–H groups in total. The van der Waals surface area contributed by atoms with E-state index in [9.17, 15) is 0 Å². The minimum atomic E-state index is 0.994. The summed E-state index contributed by atoms with van der Waals surface area (Å²) >= 11 is 0. The van der Waals surface area contributed by atoms with Crippen LogP contribution < -0.4 is 22.8 Å². The van der Waals surface area contributed by atoms with Crippen molar-refractivity contribution < 1.29 is 22.8 Å². The van der Waals surface area contributed by atoms with Crippen LogP contribution in [0.25, 0.3) is 55.7 Å². The number of aryl methyl sites for hydroxylation is 15. The minimum Gasteiger partial charge on any atom is -0.258 e. The molecule has 0 atom stereocenters. The number of benzene rings is 1. The zero-order valence-corrected chi connectivity index (χ0v) is 48.0. The van der Waals surface area contributed by atoms with E-state index < -0.39 is 0 Å². The van der Waals surface area contributed by atoms with Gasteiger partial charge in [0.2, 0.25) is 23.3 Å². The first-order valence-electron chi connectivity index (χ1n) is 25.8. The molecule has 0 saturated heterocycles. The zero-order valence-electron chi connectivity index (χ0n) is 48.0. The lowest BCUT2D eigenvalue weighted by Gasteiger charge is -2.09. The smallest absolute Gasteiger partial charge is 0.258 e. The lowest BCUT2D eigenvalue weighted by atomic mass is 9.97. The predicted octanol–water partition coefficient (Wildman–Crippen LogP) is 8.71. The third-order valence-electron chi connectivity index (χ3n) is 15.5. The predicted molar refractivity (Wildman–Crippen MR) is 292 cm³/mol. The van der Waals surface area contributed by atoms with Gasteiger partial charge in [0.15, 0.2) is 33.1 Å². The average Bonchev–Trinajstić information content (AvgIpc) is 4.05. The number of rotatable bonds is 5. The van der Waals surface area contributed by atoms with Gasteiger partial charge in [-0.2, -0.15) is 0 Å². The molecule has 0 bridgehead atoms. The summed E-state index contributed by atoms with van der Waals surface area (Å²) in [5, 5.41) is 0. The first-order chi connectivity index (χ1) is 34.1. The Morgan fingerprint density at radius 3 is 1.42 bits per heavy atom. The van der Waals surface area contributed by atoms with Crippen LogP contribution in [-0.4, -0.2) is 42.8 Å². The van der Waals surface area contributed by atoms with Gasteiger partial charge in [-0.1, -0.05) is 0 Å². The highest BCUT2D eigenvalue weighted by Gasteiger charge is 2.25. The Kier molecular flexibility index (Phi) is 16.9. The number of hydrogen-bond acceptors (Lipinski definition) is 4. The molecule has 1 aromatic carbocycles. The fraction of sp³-hybridized carbons (Fsp3) is 0.466. The van der Waals surface area contributed by atoms with E-state index in [1.807, 2.05) is 31.6 Å². The van der Waals surface area contributed by atoms with Crippen LogP contribution in [0.5, 0.6) is 0 Å². The van der Waals surface area contributed by atoms with Crippen LogP contribution >= 0.6 is 0 Å². The van der Waals surface area contributed by atoms with E-state index in [-0.39, 0.29) is 0 Å². The van der Waals surface area contributed by atoms with Crippen LogP contribution in [0.15, 0.2) is 55.0 Å². The van der Waals surface area contributed by atoms with Crippen molar-refractivity contribution in [3.8, 4) is 0 Å². The largest absolute Gasteiger partial charge is 0.301 e. The molecule has 14 nitrogen and oxygen atoms in total. The molecule has 0 radical (unpaired) electrons. The Balaban J connectivity index is 0.000000147. The van der Waals surface area contributed by atoms with Crippen LogP contribution in [0.2, 0.25) is 0 Å². The van der Waals surface area contributed by atoms with E-state index in [1.165, 1.54) is 95.6 Å². The fourth-order valence-corrected chi connectivity index (χ4v) is 10.5. The van der Waals surface area contributed by atoms with Crippen LogP contribution in [0.3, 0.4) is 0 Å². The molecule has 10 aromatic rings. The molecule has 10 rings (SSSR count). The molecule has 0 saturated carbocycles. The summed E-state index contributed by atoms with van der Waals surface area (Å²) in [4.78, 5) is 17.8. The minimum absolute atomic E-state index is 0.994. The summed E-state index contributed by atoms with van der Waals surface area (Å²) in [5.41, 5.74) is 21.3. The first-order valence-corrected chi connectivity index (χ1v) is 25.8. The number of hydrogen-bond donors (Lipinski definition) is 0. The second-order valence-electron chi connectivity index (χ2n) is 19.2. The van der Waals surface area contributed by atoms with E-state index in [0.29, 0.717) is 0 Å². The zero-order chi connectivity index (χ0) is 53.2. The molecule has 0 aliphatic rings. The highest BCUT2D eigenvalue weighted by molar-refractivity contribution is 5.82. The molecule has 0 aliphatic heterocycles. The molecular weight excluding hydrogens is 893 g/mol. The molecule has 0 spiro atoms. The average molecular weight is 978 g/mol. The summed E-state index contributed by atoms with van der Waals surface area (Å²) in [7, 11) is 10.4. The maximum Gasteiger partial charge on any atom is 0.301 e. The van der Waals surface area contributed by atoms with Crippen molar-refractivity contribution in [2.45, 2.75) is 150 Å². The molecule has 0 fully saturated rings. The Bertz CT molecular complexity index is 3580. The molecule has 382 valence electrons. The van der Waals surface area contributed by atoms with E-state index in [4.69, 9.17) is 0 Å².